The molecule has 0 saturated heterocycles. The molecule has 0 spiro atoms. The van der Waals surface area contributed by atoms with E-state index in [2.05, 4.69) is 9.71 Å². The molecule has 0 amide bonds. The van der Waals surface area contributed by atoms with Crippen molar-refractivity contribution >= 4 is 50.2 Å². The van der Waals surface area contributed by atoms with Gasteiger partial charge in [0.05, 0.1) is 10.0 Å². The Labute approximate surface area is 119 Å². The molecule has 2 heterocycles. The van der Waals surface area contributed by atoms with Crippen molar-refractivity contribution in [2.75, 3.05) is 4.72 Å². The molecule has 0 unspecified atom stereocenters. The van der Waals surface area contributed by atoms with Crippen LogP contribution in [0.1, 0.15) is 5.56 Å². The third-order valence-corrected chi connectivity index (χ3v) is 5.69. The van der Waals surface area contributed by atoms with Gasteiger partial charge in [0.15, 0.2) is 0 Å². The van der Waals surface area contributed by atoms with E-state index in [9.17, 15) is 8.42 Å². The van der Waals surface area contributed by atoms with E-state index in [0.29, 0.717) is 10.0 Å². The van der Waals surface area contributed by atoms with Gasteiger partial charge in [0.25, 0.3) is 10.0 Å². The van der Waals surface area contributed by atoms with Gasteiger partial charge < -0.3 is 0 Å². The van der Waals surface area contributed by atoms with Gasteiger partial charge in [-0.25, -0.2) is 13.4 Å². The zero-order valence-corrected chi connectivity index (χ0v) is 12.3. The van der Waals surface area contributed by atoms with Crippen LogP contribution in [0.15, 0.2) is 28.6 Å². The highest BCUT2D eigenvalue weighted by Crippen LogP contribution is 2.31. The zero-order chi connectivity index (χ0) is 13.3. The highest BCUT2D eigenvalue weighted by molar-refractivity contribution is 7.94. The summed E-state index contributed by atoms with van der Waals surface area (Å²) < 4.78 is 27.2. The van der Waals surface area contributed by atoms with Crippen LogP contribution in [0, 0.1) is 6.92 Å². The van der Waals surface area contributed by atoms with Crippen LogP contribution >= 0.6 is 34.5 Å². The van der Waals surface area contributed by atoms with Gasteiger partial charge in [0.2, 0.25) is 0 Å². The van der Waals surface area contributed by atoms with Crippen LogP contribution < -0.4 is 4.72 Å². The van der Waals surface area contributed by atoms with Crippen molar-refractivity contribution in [1.29, 1.82) is 0 Å². The molecule has 0 aromatic carbocycles. The number of sulfonamides is 1. The number of aromatic nitrogens is 1. The Balaban J connectivity index is 2.33. The minimum atomic E-state index is -3.63. The van der Waals surface area contributed by atoms with Crippen LogP contribution in [0.3, 0.4) is 0 Å². The Kier molecular flexibility index (Phi) is 3.82. The predicted molar refractivity (Wildman–Crippen MR) is 74.1 cm³/mol. The SMILES string of the molecule is Cc1cc(S(=O)(=O)Nc2ccnc(Cl)c2)sc1Cl. The first-order valence-electron chi connectivity index (χ1n) is 4.79. The molecule has 0 aliphatic rings. The third kappa shape index (κ3) is 2.95. The standard InChI is InChI=1S/C10H8Cl2N2O2S2/c1-6-4-9(17-10(6)12)18(15,16)14-7-2-3-13-8(11)5-7/h2-5H,1H3,(H,13,14). The molecule has 2 aromatic rings. The summed E-state index contributed by atoms with van der Waals surface area (Å²) in [7, 11) is -3.63. The largest absolute Gasteiger partial charge is 0.279 e. The molecule has 18 heavy (non-hydrogen) atoms. The predicted octanol–water partition coefficient (Wildman–Crippen LogP) is 3.56. The highest BCUT2D eigenvalue weighted by atomic mass is 35.5. The first-order valence-corrected chi connectivity index (χ1v) is 7.84. The second-order valence-electron chi connectivity index (χ2n) is 3.49. The molecule has 1 N–H and O–H groups in total. The van der Waals surface area contributed by atoms with Crippen LogP contribution in [-0.4, -0.2) is 13.4 Å². The number of aryl methyl sites for hydroxylation is 1. The van der Waals surface area contributed by atoms with Gasteiger partial charge in [0, 0.05) is 6.20 Å². The van der Waals surface area contributed by atoms with Crippen LogP contribution in [-0.2, 0) is 10.0 Å². The summed E-state index contributed by atoms with van der Waals surface area (Å²) in [5.74, 6) is 0. The van der Waals surface area contributed by atoms with E-state index in [1.165, 1.54) is 24.4 Å². The summed E-state index contributed by atoms with van der Waals surface area (Å²) in [5, 5.41) is 0.218. The summed E-state index contributed by atoms with van der Waals surface area (Å²) >= 11 is 12.6. The third-order valence-electron chi connectivity index (χ3n) is 2.08. The summed E-state index contributed by atoms with van der Waals surface area (Å²) in [6.45, 7) is 1.75. The Morgan fingerprint density at radius 3 is 2.61 bits per heavy atom. The lowest BCUT2D eigenvalue weighted by Crippen LogP contribution is -2.11. The minimum absolute atomic E-state index is 0.165. The molecule has 0 aliphatic heterocycles. The van der Waals surface area contributed by atoms with E-state index in [0.717, 1.165) is 16.9 Å². The fraction of sp³-hybridized carbons (Fsp3) is 0.100. The second kappa shape index (κ2) is 5.05. The first kappa shape index (κ1) is 13.6. The van der Waals surface area contributed by atoms with E-state index in [1.54, 1.807) is 6.92 Å². The summed E-state index contributed by atoms with van der Waals surface area (Å²) in [4.78, 5) is 3.77. The van der Waals surface area contributed by atoms with E-state index in [-0.39, 0.29) is 9.36 Å². The Bertz CT molecular complexity index is 663. The van der Waals surface area contributed by atoms with Crippen molar-refractivity contribution in [3.05, 3.63) is 39.4 Å². The van der Waals surface area contributed by atoms with Gasteiger partial charge in [0.1, 0.15) is 9.36 Å². The van der Waals surface area contributed by atoms with E-state index >= 15 is 0 Å². The molecule has 0 fully saturated rings. The molecule has 0 atom stereocenters. The maximum Gasteiger partial charge on any atom is 0.271 e. The lowest BCUT2D eigenvalue weighted by atomic mass is 10.4. The lowest BCUT2D eigenvalue weighted by Gasteiger charge is -2.05. The van der Waals surface area contributed by atoms with Crippen molar-refractivity contribution < 1.29 is 8.42 Å². The number of anilines is 1. The molecule has 2 aromatic heterocycles. The van der Waals surface area contributed by atoms with Crippen molar-refractivity contribution in [3.8, 4) is 0 Å². The van der Waals surface area contributed by atoms with Crippen molar-refractivity contribution in [2.24, 2.45) is 0 Å². The zero-order valence-electron chi connectivity index (χ0n) is 9.15. The molecule has 2 rings (SSSR count). The fourth-order valence-electron chi connectivity index (χ4n) is 1.24. The molecular weight excluding hydrogens is 315 g/mol. The lowest BCUT2D eigenvalue weighted by molar-refractivity contribution is 0.603. The smallest absolute Gasteiger partial charge is 0.271 e. The highest BCUT2D eigenvalue weighted by Gasteiger charge is 2.18. The number of thiophene rings is 1. The molecule has 8 heteroatoms. The van der Waals surface area contributed by atoms with Gasteiger partial charge in [-0.1, -0.05) is 23.2 Å². The maximum atomic E-state index is 12.1. The summed E-state index contributed by atoms with van der Waals surface area (Å²) in [6, 6.07) is 4.48. The molecule has 0 aliphatic carbocycles. The number of hydrogen-bond acceptors (Lipinski definition) is 4. The van der Waals surface area contributed by atoms with Crippen molar-refractivity contribution in [3.63, 3.8) is 0 Å². The number of rotatable bonds is 3. The number of hydrogen-bond donors (Lipinski definition) is 1. The van der Waals surface area contributed by atoms with E-state index in [4.69, 9.17) is 23.2 Å². The number of nitrogens with one attached hydrogen (secondary N) is 1. The molecular formula is C10H8Cl2N2O2S2. The Morgan fingerprint density at radius 1 is 1.33 bits per heavy atom. The van der Waals surface area contributed by atoms with Crippen LogP contribution in [0.5, 0.6) is 0 Å². The number of nitrogens with zero attached hydrogens (tertiary/aromatic N) is 1. The van der Waals surface area contributed by atoms with E-state index in [1.807, 2.05) is 0 Å². The fourth-order valence-corrected chi connectivity index (χ4v) is 4.17. The Hall–Kier alpha value is -0.820. The van der Waals surface area contributed by atoms with Crippen LogP contribution in [0.25, 0.3) is 0 Å². The monoisotopic (exact) mass is 322 g/mol. The molecule has 0 saturated carbocycles. The number of pyridine rings is 1. The summed E-state index contributed by atoms with van der Waals surface area (Å²) in [5.41, 5.74) is 1.09. The quantitative estimate of drug-likeness (QED) is 0.879. The first-order chi connectivity index (χ1) is 8.38. The maximum absolute atomic E-state index is 12.1. The average molecular weight is 323 g/mol. The van der Waals surface area contributed by atoms with Crippen LogP contribution in [0.2, 0.25) is 9.49 Å². The molecule has 0 bridgehead atoms. The van der Waals surface area contributed by atoms with Crippen molar-refractivity contribution in [1.82, 2.24) is 4.98 Å². The van der Waals surface area contributed by atoms with E-state index < -0.39 is 10.0 Å². The minimum Gasteiger partial charge on any atom is -0.279 e. The van der Waals surface area contributed by atoms with Gasteiger partial charge in [-0.05, 0) is 30.7 Å². The van der Waals surface area contributed by atoms with Crippen molar-refractivity contribution in [2.45, 2.75) is 11.1 Å². The van der Waals surface area contributed by atoms with Crippen LogP contribution in [0.4, 0.5) is 5.69 Å². The Morgan fingerprint density at radius 2 is 2.06 bits per heavy atom. The summed E-state index contributed by atoms with van der Waals surface area (Å²) in [6.07, 6.45) is 1.42. The number of halogens is 2. The average Bonchev–Trinajstić information content (AvgIpc) is 2.59. The molecule has 4 nitrogen and oxygen atoms in total. The normalized spacial score (nSPS) is 11.5. The molecule has 96 valence electrons. The topological polar surface area (TPSA) is 59.1 Å². The van der Waals surface area contributed by atoms with Gasteiger partial charge >= 0.3 is 0 Å². The molecule has 0 radical (unpaired) electrons. The second-order valence-corrected chi connectivity index (χ2v) is 7.45. The van der Waals surface area contributed by atoms with Gasteiger partial charge in [-0.2, -0.15) is 0 Å². The van der Waals surface area contributed by atoms with Gasteiger partial charge in [-0.3, -0.25) is 4.72 Å². The van der Waals surface area contributed by atoms with Gasteiger partial charge in [-0.15, -0.1) is 11.3 Å².